The van der Waals surface area contributed by atoms with E-state index < -0.39 is 5.97 Å². The first-order valence-electron chi connectivity index (χ1n) is 6.21. The first-order valence-corrected chi connectivity index (χ1v) is 6.21. The first-order chi connectivity index (χ1) is 9.72. The molecule has 0 radical (unpaired) electrons. The molecule has 106 valence electrons. The van der Waals surface area contributed by atoms with Crippen LogP contribution in [0, 0.1) is 0 Å². The standard InChI is InChI=1S/C14H16N2O4/c1-3-19-14(17)12-8-13(16-15-12)20-9-10-4-6-11(18-2)7-5-10/h4-8H,3,9H2,1-2H3,(H,15,16). The number of aromatic nitrogens is 2. The predicted octanol–water partition coefficient (Wildman–Crippen LogP) is 2.17. The molecule has 0 unspecified atom stereocenters. The fourth-order valence-electron chi connectivity index (χ4n) is 1.57. The molecule has 6 heteroatoms. The molecule has 0 saturated carbocycles. The lowest BCUT2D eigenvalue weighted by molar-refractivity contribution is 0.0519. The third kappa shape index (κ3) is 3.50. The van der Waals surface area contributed by atoms with Crippen LogP contribution in [0.4, 0.5) is 0 Å². The number of benzene rings is 1. The van der Waals surface area contributed by atoms with Gasteiger partial charge in [-0.2, -0.15) is 0 Å². The van der Waals surface area contributed by atoms with Gasteiger partial charge in [-0.05, 0) is 24.6 Å². The van der Waals surface area contributed by atoms with Gasteiger partial charge >= 0.3 is 5.97 Å². The molecule has 0 fully saturated rings. The minimum absolute atomic E-state index is 0.275. The molecule has 1 heterocycles. The quantitative estimate of drug-likeness (QED) is 0.818. The minimum Gasteiger partial charge on any atom is -0.497 e. The number of hydrogen-bond acceptors (Lipinski definition) is 5. The molecule has 6 nitrogen and oxygen atoms in total. The number of methoxy groups -OCH3 is 1. The third-order valence-corrected chi connectivity index (χ3v) is 2.60. The summed E-state index contributed by atoms with van der Waals surface area (Å²) < 4.78 is 15.4. The van der Waals surface area contributed by atoms with Gasteiger partial charge in [0.05, 0.1) is 13.7 Å². The largest absolute Gasteiger partial charge is 0.497 e. The molecule has 0 aliphatic carbocycles. The number of nitrogens with zero attached hydrogens (tertiary/aromatic N) is 1. The minimum atomic E-state index is -0.445. The molecule has 0 aliphatic rings. The highest BCUT2D eigenvalue weighted by molar-refractivity contribution is 5.87. The normalized spacial score (nSPS) is 10.1. The second-order valence-corrected chi connectivity index (χ2v) is 3.98. The van der Waals surface area contributed by atoms with Crippen molar-refractivity contribution < 1.29 is 19.0 Å². The fraction of sp³-hybridized carbons (Fsp3) is 0.286. The van der Waals surface area contributed by atoms with Gasteiger partial charge in [0.1, 0.15) is 18.1 Å². The summed E-state index contributed by atoms with van der Waals surface area (Å²) in [6.07, 6.45) is 0. The third-order valence-electron chi connectivity index (χ3n) is 2.60. The van der Waals surface area contributed by atoms with Crippen LogP contribution >= 0.6 is 0 Å². The van der Waals surface area contributed by atoms with Gasteiger partial charge in [0, 0.05) is 6.07 Å². The second-order valence-electron chi connectivity index (χ2n) is 3.98. The number of hydrogen-bond donors (Lipinski definition) is 1. The zero-order chi connectivity index (χ0) is 14.4. The maximum Gasteiger partial charge on any atom is 0.356 e. The molecule has 0 bridgehead atoms. The average Bonchev–Trinajstić information content (AvgIpc) is 2.95. The molecule has 0 atom stereocenters. The van der Waals surface area contributed by atoms with E-state index in [0.717, 1.165) is 11.3 Å². The van der Waals surface area contributed by atoms with Crippen LogP contribution in [0.3, 0.4) is 0 Å². The zero-order valence-corrected chi connectivity index (χ0v) is 11.4. The Bertz CT molecular complexity index is 563. The molecule has 0 aliphatic heterocycles. The van der Waals surface area contributed by atoms with Crippen LogP contribution in [-0.2, 0) is 11.3 Å². The Morgan fingerprint density at radius 2 is 2.05 bits per heavy atom. The predicted molar refractivity (Wildman–Crippen MR) is 71.9 cm³/mol. The molecule has 20 heavy (non-hydrogen) atoms. The maximum atomic E-state index is 11.4. The molecule has 2 aromatic rings. The Labute approximate surface area is 116 Å². The molecular weight excluding hydrogens is 260 g/mol. The van der Waals surface area contributed by atoms with Gasteiger partial charge in [-0.15, -0.1) is 5.10 Å². The lowest BCUT2D eigenvalue weighted by Crippen LogP contribution is -2.04. The summed E-state index contributed by atoms with van der Waals surface area (Å²) >= 11 is 0. The van der Waals surface area contributed by atoms with Crippen molar-refractivity contribution in [1.29, 1.82) is 0 Å². The molecule has 0 amide bonds. The van der Waals surface area contributed by atoms with Crippen molar-refractivity contribution in [2.45, 2.75) is 13.5 Å². The average molecular weight is 276 g/mol. The molecule has 1 aromatic heterocycles. The molecule has 2 rings (SSSR count). The van der Waals surface area contributed by atoms with E-state index in [4.69, 9.17) is 14.2 Å². The van der Waals surface area contributed by atoms with Crippen LogP contribution in [0.5, 0.6) is 11.6 Å². The number of H-pyrrole nitrogens is 1. The van der Waals surface area contributed by atoms with E-state index in [2.05, 4.69) is 10.2 Å². The van der Waals surface area contributed by atoms with Crippen molar-refractivity contribution >= 4 is 5.97 Å². The summed E-state index contributed by atoms with van der Waals surface area (Å²) in [5.41, 5.74) is 1.25. The van der Waals surface area contributed by atoms with E-state index in [0.29, 0.717) is 19.1 Å². The summed E-state index contributed by atoms with van der Waals surface area (Å²) in [6, 6.07) is 9.03. The lowest BCUT2D eigenvalue weighted by Gasteiger charge is -2.04. The van der Waals surface area contributed by atoms with Crippen LogP contribution in [0.25, 0.3) is 0 Å². The van der Waals surface area contributed by atoms with Crippen LogP contribution < -0.4 is 9.47 Å². The molecule has 1 N–H and O–H groups in total. The number of nitrogens with one attached hydrogen (secondary N) is 1. The van der Waals surface area contributed by atoms with Crippen molar-refractivity contribution in [2.75, 3.05) is 13.7 Å². The van der Waals surface area contributed by atoms with E-state index >= 15 is 0 Å². The highest BCUT2D eigenvalue weighted by Gasteiger charge is 2.11. The Morgan fingerprint density at radius 1 is 1.30 bits per heavy atom. The lowest BCUT2D eigenvalue weighted by atomic mass is 10.2. The van der Waals surface area contributed by atoms with Crippen molar-refractivity contribution in [2.24, 2.45) is 0 Å². The topological polar surface area (TPSA) is 73.4 Å². The molecule has 1 aromatic carbocycles. The van der Waals surface area contributed by atoms with E-state index in [1.54, 1.807) is 14.0 Å². The smallest absolute Gasteiger partial charge is 0.356 e. The number of carbonyl (C=O) groups is 1. The number of ether oxygens (including phenoxy) is 3. The van der Waals surface area contributed by atoms with Crippen LogP contribution in [0.1, 0.15) is 23.0 Å². The highest BCUT2D eigenvalue weighted by atomic mass is 16.5. The maximum absolute atomic E-state index is 11.4. The zero-order valence-electron chi connectivity index (χ0n) is 11.4. The van der Waals surface area contributed by atoms with Crippen LogP contribution in [0.2, 0.25) is 0 Å². The van der Waals surface area contributed by atoms with E-state index in [1.807, 2.05) is 24.3 Å². The Morgan fingerprint density at radius 3 is 2.70 bits per heavy atom. The van der Waals surface area contributed by atoms with Gasteiger partial charge in [0.2, 0.25) is 5.88 Å². The Kier molecular flexibility index (Phi) is 4.60. The summed E-state index contributed by atoms with van der Waals surface area (Å²) in [5, 5.41) is 6.47. The van der Waals surface area contributed by atoms with E-state index in [-0.39, 0.29) is 5.69 Å². The summed E-state index contributed by atoms with van der Waals surface area (Å²) in [7, 11) is 1.62. The van der Waals surface area contributed by atoms with E-state index in [9.17, 15) is 4.79 Å². The SMILES string of the molecule is CCOC(=O)c1cc(OCc2ccc(OC)cc2)n[nH]1. The van der Waals surface area contributed by atoms with Gasteiger partial charge < -0.3 is 14.2 Å². The van der Waals surface area contributed by atoms with Gasteiger partial charge in [-0.3, -0.25) is 5.10 Å². The van der Waals surface area contributed by atoms with Gasteiger partial charge in [0.15, 0.2) is 0 Å². The second kappa shape index (κ2) is 6.60. The Hall–Kier alpha value is -2.50. The summed E-state index contributed by atoms with van der Waals surface area (Å²) in [6.45, 7) is 2.42. The summed E-state index contributed by atoms with van der Waals surface area (Å²) in [4.78, 5) is 11.4. The Balaban J connectivity index is 1.91. The number of esters is 1. The van der Waals surface area contributed by atoms with Crippen LogP contribution in [-0.4, -0.2) is 29.9 Å². The monoisotopic (exact) mass is 276 g/mol. The van der Waals surface area contributed by atoms with Crippen molar-refractivity contribution in [3.8, 4) is 11.6 Å². The van der Waals surface area contributed by atoms with Gasteiger partial charge in [-0.25, -0.2) is 4.79 Å². The van der Waals surface area contributed by atoms with Gasteiger partial charge in [-0.1, -0.05) is 12.1 Å². The number of carbonyl (C=O) groups excluding carboxylic acids is 1. The summed E-state index contributed by atoms with van der Waals surface area (Å²) in [5.74, 6) is 0.696. The van der Waals surface area contributed by atoms with Crippen molar-refractivity contribution in [3.63, 3.8) is 0 Å². The van der Waals surface area contributed by atoms with Gasteiger partial charge in [0.25, 0.3) is 0 Å². The molecular formula is C14H16N2O4. The fourth-order valence-corrected chi connectivity index (χ4v) is 1.57. The van der Waals surface area contributed by atoms with Crippen molar-refractivity contribution in [3.05, 3.63) is 41.6 Å². The molecule has 0 saturated heterocycles. The van der Waals surface area contributed by atoms with Crippen molar-refractivity contribution in [1.82, 2.24) is 10.2 Å². The highest BCUT2D eigenvalue weighted by Crippen LogP contribution is 2.14. The number of aromatic amines is 1. The first kappa shape index (κ1) is 13.9. The molecule has 0 spiro atoms. The van der Waals surface area contributed by atoms with Crippen LogP contribution in [0.15, 0.2) is 30.3 Å². The van der Waals surface area contributed by atoms with E-state index in [1.165, 1.54) is 6.07 Å². The number of rotatable bonds is 6.